The molecule has 0 heterocycles. The number of nitriles is 1. The first-order valence-electron chi connectivity index (χ1n) is 4.68. The zero-order valence-corrected chi connectivity index (χ0v) is 8.71. The lowest BCUT2D eigenvalue weighted by Crippen LogP contribution is -2.26. The van der Waals surface area contributed by atoms with Crippen molar-refractivity contribution in [1.82, 2.24) is 0 Å². The van der Waals surface area contributed by atoms with Gasteiger partial charge >= 0.3 is 0 Å². The van der Waals surface area contributed by atoms with Gasteiger partial charge < -0.3 is 0 Å². The molecule has 1 atom stereocenters. The Labute approximate surface area is 84.2 Å². The van der Waals surface area contributed by atoms with E-state index in [0.29, 0.717) is 0 Å². The zero-order chi connectivity index (χ0) is 10.8. The van der Waals surface area contributed by atoms with Crippen LogP contribution in [0.15, 0.2) is 24.3 Å². The van der Waals surface area contributed by atoms with Crippen LogP contribution in [0, 0.1) is 23.1 Å². The maximum absolute atomic E-state index is 12.7. The molecule has 2 heteroatoms. The van der Waals surface area contributed by atoms with Gasteiger partial charge in [0.15, 0.2) is 0 Å². The summed E-state index contributed by atoms with van der Waals surface area (Å²) < 4.78 is 12.7. The molecule has 0 bridgehead atoms. The lowest BCUT2D eigenvalue weighted by Gasteiger charge is -2.26. The molecule has 1 unspecified atom stereocenters. The number of hydrogen-bond donors (Lipinski definition) is 0. The minimum Gasteiger partial charge on any atom is -0.207 e. The maximum atomic E-state index is 12.7. The highest BCUT2D eigenvalue weighted by atomic mass is 19.1. The molecule has 1 rings (SSSR count). The molecule has 1 nitrogen and oxygen atoms in total. The van der Waals surface area contributed by atoms with Gasteiger partial charge in [0.25, 0.3) is 0 Å². The Morgan fingerprint density at radius 2 is 1.79 bits per heavy atom. The van der Waals surface area contributed by atoms with Crippen LogP contribution in [-0.2, 0) is 5.41 Å². The second-order valence-electron chi connectivity index (χ2n) is 3.98. The third-order valence-corrected chi connectivity index (χ3v) is 2.83. The average Bonchev–Trinajstić information content (AvgIpc) is 2.17. The van der Waals surface area contributed by atoms with Crippen LogP contribution in [-0.4, -0.2) is 0 Å². The van der Waals surface area contributed by atoms with Crippen molar-refractivity contribution < 1.29 is 4.39 Å². The normalized spacial score (nSPS) is 14.9. The van der Waals surface area contributed by atoms with Gasteiger partial charge in [-0.1, -0.05) is 26.0 Å². The van der Waals surface area contributed by atoms with Crippen molar-refractivity contribution in [3.8, 4) is 6.07 Å². The molecule has 1 aromatic carbocycles. The highest BCUT2D eigenvalue weighted by Crippen LogP contribution is 2.31. The average molecular weight is 191 g/mol. The van der Waals surface area contributed by atoms with Gasteiger partial charge in [-0.3, -0.25) is 0 Å². The molecule has 0 aliphatic carbocycles. The van der Waals surface area contributed by atoms with Gasteiger partial charge in [-0.05, 0) is 30.5 Å². The number of halogens is 1. The summed E-state index contributed by atoms with van der Waals surface area (Å²) in [7, 11) is 0. The summed E-state index contributed by atoms with van der Waals surface area (Å²) in [6.45, 7) is 5.87. The van der Waals surface area contributed by atoms with Crippen molar-refractivity contribution in [3.63, 3.8) is 0 Å². The third-order valence-electron chi connectivity index (χ3n) is 2.83. The lowest BCUT2D eigenvalue weighted by atomic mass is 9.75. The van der Waals surface area contributed by atoms with Gasteiger partial charge in [0.1, 0.15) is 5.82 Å². The standard InChI is InChI=1S/C12H14FN/c1-9(2)12(3,8-14)10-4-6-11(13)7-5-10/h4-7,9H,1-3H3. The van der Waals surface area contributed by atoms with Crippen molar-refractivity contribution in [1.29, 1.82) is 5.26 Å². The van der Waals surface area contributed by atoms with Crippen LogP contribution in [0.1, 0.15) is 26.3 Å². The molecule has 1 aromatic rings. The molecule has 0 aromatic heterocycles. The Balaban J connectivity index is 3.15. The van der Waals surface area contributed by atoms with E-state index in [1.165, 1.54) is 12.1 Å². The molecule has 0 saturated heterocycles. The van der Waals surface area contributed by atoms with E-state index >= 15 is 0 Å². The molecule has 0 radical (unpaired) electrons. The number of nitrogens with zero attached hydrogens (tertiary/aromatic N) is 1. The predicted octanol–water partition coefficient (Wildman–Crippen LogP) is 3.26. The monoisotopic (exact) mass is 191 g/mol. The van der Waals surface area contributed by atoms with Crippen molar-refractivity contribution >= 4 is 0 Å². The second kappa shape index (κ2) is 3.79. The van der Waals surface area contributed by atoms with Crippen LogP contribution in [0.2, 0.25) is 0 Å². The summed E-state index contributed by atoms with van der Waals surface area (Å²) >= 11 is 0. The lowest BCUT2D eigenvalue weighted by molar-refractivity contribution is 0.430. The second-order valence-corrected chi connectivity index (χ2v) is 3.98. The molecule has 0 aliphatic rings. The van der Waals surface area contributed by atoms with E-state index in [-0.39, 0.29) is 11.7 Å². The van der Waals surface area contributed by atoms with Gasteiger partial charge in [0.05, 0.1) is 11.5 Å². The maximum Gasteiger partial charge on any atom is 0.123 e. The van der Waals surface area contributed by atoms with Crippen LogP contribution in [0.4, 0.5) is 4.39 Å². The zero-order valence-electron chi connectivity index (χ0n) is 8.71. The fraction of sp³-hybridized carbons (Fsp3) is 0.417. The molecular formula is C12H14FN. The minimum absolute atomic E-state index is 0.206. The highest BCUT2D eigenvalue weighted by Gasteiger charge is 2.30. The van der Waals surface area contributed by atoms with E-state index in [0.717, 1.165) is 5.56 Å². The Morgan fingerprint density at radius 3 is 2.14 bits per heavy atom. The first-order valence-corrected chi connectivity index (χ1v) is 4.68. The summed E-state index contributed by atoms with van der Waals surface area (Å²) in [6, 6.07) is 8.44. The number of hydrogen-bond acceptors (Lipinski definition) is 1. The molecule has 0 N–H and O–H groups in total. The van der Waals surface area contributed by atoms with E-state index in [1.54, 1.807) is 12.1 Å². The molecule has 14 heavy (non-hydrogen) atoms. The molecule has 0 fully saturated rings. The van der Waals surface area contributed by atoms with Crippen molar-refractivity contribution in [2.45, 2.75) is 26.2 Å². The molecule has 0 spiro atoms. The molecule has 0 amide bonds. The summed E-state index contributed by atoms with van der Waals surface area (Å²) in [5, 5.41) is 9.13. The number of rotatable bonds is 2. The van der Waals surface area contributed by atoms with Gasteiger partial charge in [-0.15, -0.1) is 0 Å². The Morgan fingerprint density at radius 1 is 1.29 bits per heavy atom. The topological polar surface area (TPSA) is 23.8 Å². The van der Waals surface area contributed by atoms with E-state index in [4.69, 9.17) is 5.26 Å². The van der Waals surface area contributed by atoms with Gasteiger partial charge in [-0.2, -0.15) is 5.26 Å². The van der Waals surface area contributed by atoms with E-state index in [2.05, 4.69) is 6.07 Å². The van der Waals surface area contributed by atoms with Crippen molar-refractivity contribution in [3.05, 3.63) is 35.6 Å². The first-order chi connectivity index (χ1) is 6.50. The third kappa shape index (κ3) is 1.77. The number of benzene rings is 1. The Hall–Kier alpha value is -1.36. The van der Waals surface area contributed by atoms with Crippen LogP contribution >= 0.6 is 0 Å². The SMILES string of the molecule is CC(C)C(C)(C#N)c1ccc(F)cc1. The molecule has 74 valence electrons. The summed E-state index contributed by atoms with van der Waals surface area (Å²) in [4.78, 5) is 0. The molecule has 0 saturated carbocycles. The molecular weight excluding hydrogens is 177 g/mol. The predicted molar refractivity (Wildman–Crippen MR) is 54.2 cm³/mol. The summed E-state index contributed by atoms with van der Waals surface area (Å²) in [5.74, 6) is -0.0595. The fourth-order valence-corrected chi connectivity index (χ4v) is 1.32. The van der Waals surface area contributed by atoms with Gasteiger partial charge in [0, 0.05) is 0 Å². The van der Waals surface area contributed by atoms with Gasteiger partial charge in [-0.25, -0.2) is 4.39 Å². The minimum atomic E-state index is -0.534. The van der Waals surface area contributed by atoms with Crippen molar-refractivity contribution in [2.24, 2.45) is 5.92 Å². The van der Waals surface area contributed by atoms with Crippen LogP contribution in [0.25, 0.3) is 0 Å². The highest BCUT2D eigenvalue weighted by molar-refractivity contribution is 5.32. The molecule has 0 aliphatic heterocycles. The van der Waals surface area contributed by atoms with Crippen LogP contribution in [0.3, 0.4) is 0 Å². The smallest absolute Gasteiger partial charge is 0.123 e. The Kier molecular flexibility index (Phi) is 2.90. The summed E-state index contributed by atoms with van der Waals surface area (Å²) in [6.07, 6.45) is 0. The van der Waals surface area contributed by atoms with Crippen LogP contribution < -0.4 is 0 Å². The summed E-state index contributed by atoms with van der Waals surface area (Å²) in [5.41, 5.74) is 0.338. The van der Waals surface area contributed by atoms with E-state index < -0.39 is 5.41 Å². The Bertz CT molecular complexity index is 348. The van der Waals surface area contributed by atoms with E-state index in [9.17, 15) is 4.39 Å². The van der Waals surface area contributed by atoms with Crippen molar-refractivity contribution in [2.75, 3.05) is 0 Å². The fourth-order valence-electron chi connectivity index (χ4n) is 1.32. The first kappa shape index (κ1) is 10.7. The van der Waals surface area contributed by atoms with Gasteiger partial charge in [0.2, 0.25) is 0 Å². The largest absolute Gasteiger partial charge is 0.207 e. The quantitative estimate of drug-likeness (QED) is 0.703. The van der Waals surface area contributed by atoms with Crippen LogP contribution in [0.5, 0.6) is 0 Å². The van der Waals surface area contributed by atoms with E-state index in [1.807, 2.05) is 20.8 Å².